The molecule has 1 aromatic heterocycles. The first kappa shape index (κ1) is 14.0. The van der Waals surface area contributed by atoms with Gasteiger partial charge >= 0.3 is 0 Å². The van der Waals surface area contributed by atoms with Crippen molar-refractivity contribution in [3.05, 3.63) is 17.0 Å². The molecule has 2 atom stereocenters. The number of nitrogens with two attached hydrogens (primary N) is 1. The van der Waals surface area contributed by atoms with Gasteiger partial charge in [-0.05, 0) is 44.4 Å². The molecule has 0 amide bonds. The molecule has 0 radical (unpaired) electrons. The average molecular weight is 288 g/mol. The summed E-state index contributed by atoms with van der Waals surface area (Å²) in [7, 11) is -3.37. The normalized spacial score (nSPS) is 25.2. The molecule has 0 aliphatic heterocycles. The van der Waals surface area contributed by atoms with Crippen molar-refractivity contribution in [1.29, 1.82) is 0 Å². The standard InChI is InChI=1S/C12H20N2O2S2/c1-9-6-7-12(17-9)18(15,16)14-11-5-3-2-4-10(11)8-13/h6-7,10-11,14H,2-5,8,13H2,1H3/t10-,11+/m0/s1. The van der Waals surface area contributed by atoms with E-state index < -0.39 is 10.0 Å². The Labute approximate surface area is 113 Å². The number of sulfonamides is 1. The van der Waals surface area contributed by atoms with Crippen LogP contribution < -0.4 is 10.5 Å². The van der Waals surface area contributed by atoms with Crippen molar-refractivity contribution in [3.8, 4) is 0 Å². The fourth-order valence-electron chi connectivity index (χ4n) is 2.46. The Kier molecular flexibility index (Phi) is 4.42. The van der Waals surface area contributed by atoms with Gasteiger partial charge in [-0.2, -0.15) is 0 Å². The van der Waals surface area contributed by atoms with E-state index in [4.69, 9.17) is 5.73 Å². The van der Waals surface area contributed by atoms with E-state index in [9.17, 15) is 8.42 Å². The zero-order chi connectivity index (χ0) is 13.2. The van der Waals surface area contributed by atoms with Gasteiger partial charge in [0.2, 0.25) is 10.0 Å². The van der Waals surface area contributed by atoms with Crippen LogP contribution in [-0.4, -0.2) is 21.0 Å². The Balaban J connectivity index is 2.12. The summed E-state index contributed by atoms with van der Waals surface area (Å²) >= 11 is 1.31. The molecule has 3 N–H and O–H groups in total. The fraction of sp³-hybridized carbons (Fsp3) is 0.667. The van der Waals surface area contributed by atoms with Crippen molar-refractivity contribution in [2.24, 2.45) is 11.7 Å². The molecule has 102 valence electrons. The third-order valence-corrected chi connectivity index (χ3v) is 6.48. The molecular weight excluding hydrogens is 268 g/mol. The molecular formula is C12H20N2O2S2. The Morgan fingerprint density at radius 2 is 2.11 bits per heavy atom. The van der Waals surface area contributed by atoms with Crippen LogP contribution in [0.1, 0.15) is 30.6 Å². The highest BCUT2D eigenvalue weighted by atomic mass is 32.2. The number of rotatable bonds is 4. The number of hydrogen-bond donors (Lipinski definition) is 2. The molecule has 0 spiro atoms. The van der Waals surface area contributed by atoms with Gasteiger partial charge in [0.05, 0.1) is 0 Å². The Morgan fingerprint density at radius 1 is 1.39 bits per heavy atom. The molecule has 18 heavy (non-hydrogen) atoms. The summed E-state index contributed by atoms with van der Waals surface area (Å²) < 4.78 is 27.7. The van der Waals surface area contributed by atoms with E-state index in [1.165, 1.54) is 11.3 Å². The Bertz CT molecular complexity index is 496. The quantitative estimate of drug-likeness (QED) is 0.888. The van der Waals surface area contributed by atoms with Crippen LogP contribution in [0.15, 0.2) is 16.3 Å². The average Bonchev–Trinajstić information content (AvgIpc) is 2.77. The number of hydrogen-bond acceptors (Lipinski definition) is 4. The Morgan fingerprint density at radius 3 is 2.72 bits per heavy atom. The van der Waals surface area contributed by atoms with Gasteiger partial charge in [0.1, 0.15) is 4.21 Å². The SMILES string of the molecule is Cc1ccc(S(=O)(=O)N[C@@H]2CCCC[C@H]2CN)s1. The molecule has 0 bridgehead atoms. The third kappa shape index (κ3) is 3.12. The number of nitrogens with one attached hydrogen (secondary N) is 1. The maximum atomic E-state index is 12.2. The summed E-state index contributed by atoms with van der Waals surface area (Å²) in [6, 6.07) is 3.50. The van der Waals surface area contributed by atoms with Crippen LogP contribution in [0.3, 0.4) is 0 Å². The van der Waals surface area contributed by atoms with E-state index in [-0.39, 0.29) is 12.0 Å². The lowest BCUT2D eigenvalue weighted by molar-refractivity contribution is 0.296. The van der Waals surface area contributed by atoms with Gasteiger partial charge in [0.25, 0.3) is 0 Å². The lowest BCUT2D eigenvalue weighted by atomic mass is 9.85. The smallest absolute Gasteiger partial charge is 0.250 e. The maximum Gasteiger partial charge on any atom is 0.250 e. The molecule has 1 fully saturated rings. The van der Waals surface area contributed by atoms with Crippen molar-refractivity contribution >= 4 is 21.4 Å². The molecule has 0 aromatic carbocycles. The first-order valence-electron chi connectivity index (χ1n) is 6.32. The van der Waals surface area contributed by atoms with Crippen LogP contribution in [0.4, 0.5) is 0 Å². The van der Waals surface area contributed by atoms with E-state index in [0.29, 0.717) is 10.8 Å². The second-order valence-corrected chi connectivity index (χ2v) is 8.10. The number of aryl methyl sites for hydroxylation is 1. The van der Waals surface area contributed by atoms with E-state index in [2.05, 4.69) is 4.72 Å². The molecule has 1 aliphatic carbocycles. The molecule has 4 nitrogen and oxygen atoms in total. The van der Waals surface area contributed by atoms with Crippen LogP contribution in [0.2, 0.25) is 0 Å². The minimum Gasteiger partial charge on any atom is -0.330 e. The summed E-state index contributed by atoms with van der Waals surface area (Å²) in [5.41, 5.74) is 5.72. The van der Waals surface area contributed by atoms with Crippen LogP contribution in [0.25, 0.3) is 0 Å². The van der Waals surface area contributed by atoms with Crippen molar-refractivity contribution < 1.29 is 8.42 Å². The van der Waals surface area contributed by atoms with E-state index in [1.54, 1.807) is 6.07 Å². The monoisotopic (exact) mass is 288 g/mol. The van der Waals surface area contributed by atoms with Gasteiger partial charge in [-0.1, -0.05) is 12.8 Å². The lowest BCUT2D eigenvalue weighted by Crippen LogP contribution is -2.44. The maximum absolute atomic E-state index is 12.2. The summed E-state index contributed by atoms with van der Waals surface area (Å²) in [5.74, 6) is 0.273. The van der Waals surface area contributed by atoms with Gasteiger partial charge in [0, 0.05) is 10.9 Å². The zero-order valence-corrected chi connectivity index (χ0v) is 12.2. The molecule has 1 heterocycles. The van der Waals surface area contributed by atoms with Gasteiger partial charge < -0.3 is 5.73 Å². The van der Waals surface area contributed by atoms with Crippen molar-refractivity contribution in [3.63, 3.8) is 0 Å². The summed E-state index contributed by atoms with van der Waals surface area (Å²) in [6.45, 7) is 2.46. The zero-order valence-electron chi connectivity index (χ0n) is 10.6. The van der Waals surface area contributed by atoms with E-state index in [0.717, 1.165) is 30.6 Å². The second-order valence-electron chi connectivity index (χ2n) is 4.87. The third-order valence-electron chi connectivity index (χ3n) is 3.50. The Hall–Kier alpha value is -0.430. The van der Waals surface area contributed by atoms with Crippen molar-refractivity contribution in [2.75, 3.05) is 6.54 Å². The highest BCUT2D eigenvalue weighted by Gasteiger charge is 2.29. The fourth-order valence-corrected chi connectivity index (χ4v) is 5.10. The molecule has 1 aliphatic rings. The molecule has 2 rings (SSSR count). The highest BCUT2D eigenvalue weighted by Crippen LogP contribution is 2.26. The summed E-state index contributed by atoms with van der Waals surface area (Å²) in [5, 5.41) is 0. The molecule has 6 heteroatoms. The van der Waals surface area contributed by atoms with Crippen LogP contribution in [0.5, 0.6) is 0 Å². The van der Waals surface area contributed by atoms with Crippen LogP contribution >= 0.6 is 11.3 Å². The molecule has 1 aromatic rings. The topological polar surface area (TPSA) is 72.2 Å². The largest absolute Gasteiger partial charge is 0.330 e. The minimum atomic E-state index is -3.37. The molecule has 0 unspecified atom stereocenters. The van der Waals surface area contributed by atoms with Crippen LogP contribution in [-0.2, 0) is 10.0 Å². The highest BCUT2D eigenvalue weighted by molar-refractivity contribution is 7.91. The molecule has 1 saturated carbocycles. The van der Waals surface area contributed by atoms with Gasteiger partial charge in [-0.25, -0.2) is 13.1 Å². The van der Waals surface area contributed by atoms with E-state index in [1.807, 2.05) is 13.0 Å². The van der Waals surface area contributed by atoms with Crippen molar-refractivity contribution in [2.45, 2.75) is 42.9 Å². The lowest BCUT2D eigenvalue weighted by Gasteiger charge is -2.30. The summed E-state index contributed by atoms with van der Waals surface area (Å²) in [6.07, 6.45) is 4.14. The first-order valence-corrected chi connectivity index (χ1v) is 8.62. The molecule has 0 saturated heterocycles. The van der Waals surface area contributed by atoms with Gasteiger partial charge in [-0.3, -0.25) is 0 Å². The predicted molar refractivity (Wildman–Crippen MR) is 74.2 cm³/mol. The predicted octanol–water partition coefficient (Wildman–Crippen LogP) is 1.85. The second kappa shape index (κ2) is 5.69. The van der Waals surface area contributed by atoms with Crippen molar-refractivity contribution in [1.82, 2.24) is 4.72 Å². The van der Waals surface area contributed by atoms with Gasteiger partial charge in [-0.15, -0.1) is 11.3 Å². The van der Waals surface area contributed by atoms with Crippen LogP contribution in [0, 0.1) is 12.8 Å². The van der Waals surface area contributed by atoms with Gasteiger partial charge in [0.15, 0.2) is 0 Å². The first-order chi connectivity index (χ1) is 8.53. The number of thiophene rings is 1. The summed E-state index contributed by atoms with van der Waals surface area (Å²) in [4.78, 5) is 1.01. The van der Waals surface area contributed by atoms with E-state index >= 15 is 0 Å². The minimum absolute atomic E-state index is 0.00356.